The van der Waals surface area contributed by atoms with E-state index in [1.165, 1.54) is 25.1 Å². The average molecular weight is 385 g/mol. The highest BCUT2D eigenvalue weighted by Crippen LogP contribution is 2.26. The van der Waals surface area contributed by atoms with Gasteiger partial charge in [0.25, 0.3) is 0 Å². The fraction of sp³-hybridized carbons (Fsp3) is 0.238. The van der Waals surface area contributed by atoms with Gasteiger partial charge in [-0.05, 0) is 42.3 Å². The van der Waals surface area contributed by atoms with Gasteiger partial charge in [0, 0.05) is 24.5 Å². The number of nitrogens with zero attached hydrogens (tertiary/aromatic N) is 2. The van der Waals surface area contributed by atoms with Crippen LogP contribution in [0.1, 0.15) is 24.5 Å². The van der Waals surface area contributed by atoms with E-state index in [1.54, 1.807) is 18.3 Å². The molecule has 5 nitrogen and oxygen atoms in total. The Bertz CT molecular complexity index is 1010. The summed E-state index contributed by atoms with van der Waals surface area (Å²) in [4.78, 5) is 15.9. The number of aromatic nitrogens is 2. The van der Waals surface area contributed by atoms with Crippen LogP contribution in [0.15, 0.2) is 55.4 Å². The van der Waals surface area contributed by atoms with E-state index in [4.69, 9.17) is 4.74 Å². The number of hydrogen-bond donors (Lipinski definition) is 1. The summed E-state index contributed by atoms with van der Waals surface area (Å²) in [5.41, 5.74) is 3.30. The summed E-state index contributed by atoms with van der Waals surface area (Å²) in [7, 11) is 0. The van der Waals surface area contributed by atoms with E-state index in [1.807, 2.05) is 23.8 Å². The molecule has 0 unspecified atom stereocenters. The number of alkyl halides is 2. The quantitative estimate of drug-likeness (QED) is 0.589. The van der Waals surface area contributed by atoms with Crippen molar-refractivity contribution < 1.29 is 18.3 Å². The van der Waals surface area contributed by atoms with E-state index in [0.29, 0.717) is 12.2 Å². The first-order chi connectivity index (χ1) is 13.3. The number of ether oxygens (including phenoxy) is 1. The highest BCUT2D eigenvalue weighted by atomic mass is 19.3. The predicted molar refractivity (Wildman–Crippen MR) is 105 cm³/mol. The maximum atomic E-state index is 13.3. The third-order valence-electron chi connectivity index (χ3n) is 4.32. The molecule has 0 aliphatic carbocycles. The second kappa shape index (κ2) is 7.80. The van der Waals surface area contributed by atoms with Crippen molar-refractivity contribution >= 4 is 22.6 Å². The zero-order valence-corrected chi connectivity index (χ0v) is 15.7. The Kier molecular flexibility index (Phi) is 5.44. The second-order valence-corrected chi connectivity index (χ2v) is 6.47. The van der Waals surface area contributed by atoms with E-state index in [9.17, 15) is 13.6 Å². The number of amides is 1. The lowest BCUT2D eigenvalue weighted by atomic mass is 10.2. The van der Waals surface area contributed by atoms with Gasteiger partial charge >= 0.3 is 6.11 Å². The molecule has 0 bridgehead atoms. The van der Waals surface area contributed by atoms with Crippen molar-refractivity contribution in [3.63, 3.8) is 0 Å². The number of carbonyl (C=O) groups excluding carboxylic acids is 1. The Hall–Kier alpha value is -3.22. The smallest absolute Gasteiger partial charge is 0.397 e. The third-order valence-corrected chi connectivity index (χ3v) is 4.32. The summed E-state index contributed by atoms with van der Waals surface area (Å²) < 4.78 is 33.3. The first kappa shape index (κ1) is 19.5. The number of rotatable bonds is 7. The van der Waals surface area contributed by atoms with Gasteiger partial charge in [-0.15, -0.1) is 0 Å². The van der Waals surface area contributed by atoms with Crippen molar-refractivity contribution in [1.82, 2.24) is 9.55 Å². The number of aryl methyl sites for hydroxylation is 1. The first-order valence-corrected chi connectivity index (χ1v) is 8.86. The molecule has 0 saturated carbocycles. The van der Waals surface area contributed by atoms with Gasteiger partial charge in [-0.1, -0.05) is 25.6 Å². The van der Waals surface area contributed by atoms with E-state index in [0.717, 1.165) is 22.2 Å². The van der Waals surface area contributed by atoms with E-state index in [-0.39, 0.29) is 18.1 Å². The molecule has 0 saturated heterocycles. The van der Waals surface area contributed by atoms with Gasteiger partial charge in [0.15, 0.2) is 0 Å². The minimum absolute atomic E-state index is 0.130. The molecule has 2 aromatic heterocycles. The normalized spacial score (nSPS) is 11.4. The minimum Gasteiger partial charge on any atom is -0.433 e. The average Bonchev–Trinajstić information content (AvgIpc) is 2.98. The summed E-state index contributed by atoms with van der Waals surface area (Å²) in [6.45, 7) is 7.29. The number of anilines is 1. The summed E-state index contributed by atoms with van der Waals surface area (Å²) in [5.74, 6) is -0.168. The molecular weight excluding hydrogens is 364 g/mol. The fourth-order valence-electron chi connectivity index (χ4n) is 2.83. The van der Waals surface area contributed by atoms with Crippen LogP contribution in [0.25, 0.3) is 11.0 Å². The van der Waals surface area contributed by atoms with Crippen LogP contribution in [0, 0.1) is 6.92 Å². The van der Waals surface area contributed by atoms with Gasteiger partial charge in [0.05, 0.1) is 11.9 Å². The highest BCUT2D eigenvalue weighted by Gasteiger charge is 2.28. The van der Waals surface area contributed by atoms with Crippen LogP contribution >= 0.6 is 0 Å². The number of halogens is 2. The molecule has 146 valence electrons. The maximum Gasteiger partial charge on any atom is 0.397 e. The van der Waals surface area contributed by atoms with Crippen molar-refractivity contribution in [3.8, 4) is 5.75 Å². The minimum atomic E-state index is -3.17. The van der Waals surface area contributed by atoms with Crippen molar-refractivity contribution in [1.29, 1.82) is 0 Å². The topological polar surface area (TPSA) is 56.2 Å². The van der Waals surface area contributed by atoms with E-state index >= 15 is 0 Å². The number of fused-ring (bicyclic) bond motifs is 1. The molecule has 2 heterocycles. The number of carbonyl (C=O) groups is 1. The number of hydrogen-bond acceptors (Lipinski definition) is 3. The number of benzene rings is 1. The second-order valence-electron chi connectivity index (χ2n) is 6.47. The molecule has 3 rings (SSSR count). The van der Waals surface area contributed by atoms with Gasteiger partial charge in [-0.2, -0.15) is 8.78 Å². The van der Waals surface area contributed by atoms with Crippen molar-refractivity contribution in [2.45, 2.75) is 32.9 Å². The Morgan fingerprint density at radius 1 is 1.36 bits per heavy atom. The largest absolute Gasteiger partial charge is 0.433 e. The van der Waals surface area contributed by atoms with Gasteiger partial charge in [-0.3, -0.25) is 4.79 Å². The fourth-order valence-corrected chi connectivity index (χ4v) is 2.83. The first-order valence-electron chi connectivity index (χ1n) is 8.86. The molecule has 0 aliphatic rings. The number of nitrogens with one attached hydrogen (secondary N) is 1. The third kappa shape index (κ3) is 4.36. The molecule has 1 N–H and O–H groups in total. The predicted octanol–water partition coefficient (Wildman–Crippen LogP) is 4.90. The SMILES string of the molecule is C=CC(=O)Nc1cnc2c(c1)c(C)cn2Cc1ccc(OC(F)(F)CC)cc1. The van der Waals surface area contributed by atoms with Crippen LogP contribution in [0.5, 0.6) is 5.75 Å². The van der Waals surface area contributed by atoms with E-state index in [2.05, 4.69) is 16.9 Å². The number of pyridine rings is 1. The maximum absolute atomic E-state index is 13.3. The molecule has 3 aromatic rings. The molecule has 0 fully saturated rings. The van der Waals surface area contributed by atoms with Crippen molar-refractivity contribution in [3.05, 3.63) is 66.5 Å². The summed E-state index contributed by atoms with van der Waals surface area (Å²) in [5, 5.41) is 3.62. The van der Waals surface area contributed by atoms with Crippen LogP contribution in [-0.4, -0.2) is 21.6 Å². The molecule has 0 radical (unpaired) electrons. The summed E-state index contributed by atoms with van der Waals surface area (Å²) >= 11 is 0. The van der Waals surface area contributed by atoms with E-state index < -0.39 is 6.11 Å². The van der Waals surface area contributed by atoms with Crippen molar-refractivity contribution in [2.75, 3.05) is 5.32 Å². The Balaban J connectivity index is 1.80. The van der Waals surface area contributed by atoms with Gasteiger partial charge in [-0.25, -0.2) is 4.98 Å². The van der Waals surface area contributed by atoms with Crippen LogP contribution < -0.4 is 10.1 Å². The zero-order valence-electron chi connectivity index (χ0n) is 15.7. The molecule has 1 aromatic carbocycles. The summed E-state index contributed by atoms with van der Waals surface area (Å²) in [6, 6.07) is 8.43. The lowest BCUT2D eigenvalue weighted by molar-refractivity contribution is -0.177. The van der Waals surface area contributed by atoms with Gasteiger partial charge in [0.2, 0.25) is 5.91 Å². The van der Waals surface area contributed by atoms with Crippen LogP contribution in [0.2, 0.25) is 0 Å². The Labute approximate surface area is 161 Å². The van der Waals surface area contributed by atoms with Crippen LogP contribution in [-0.2, 0) is 11.3 Å². The zero-order chi connectivity index (χ0) is 20.3. The van der Waals surface area contributed by atoms with Crippen molar-refractivity contribution in [2.24, 2.45) is 0 Å². The standard InChI is InChI=1S/C21H21F2N3O2/c1-4-19(27)25-16-10-18-14(3)12-26(20(18)24-11-16)13-15-6-8-17(9-7-15)28-21(22,23)5-2/h4,6-12H,1,5,13H2,2-3H3,(H,25,27). The molecular formula is C21H21F2N3O2. The molecule has 1 amide bonds. The molecule has 7 heteroatoms. The molecule has 0 spiro atoms. The van der Waals surface area contributed by atoms with Crippen LogP contribution in [0.4, 0.5) is 14.5 Å². The highest BCUT2D eigenvalue weighted by molar-refractivity contribution is 6.00. The molecule has 28 heavy (non-hydrogen) atoms. The molecule has 0 aliphatic heterocycles. The van der Waals surface area contributed by atoms with Gasteiger partial charge < -0.3 is 14.6 Å². The Morgan fingerprint density at radius 2 is 2.07 bits per heavy atom. The van der Waals surface area contributed by atoms with Crippen LogP contribution in [0.3, 0.4) is 0 Å². The molecule has 0 atom stereocenters. The lowest BCUT2D eigenvalue weighted by Gasteiger charge is -2.16. The lowest BCUT2D eigenvalue weighted by Crippen LogP contribution is -2.23. The summed E-state index contributed by atoms with van der Waals surface area (Å²) in [6.07, 6.45) is 1.20. The van der Waals surface area contributed by atoms with Gasteiger partial charge in [0.1, 0.15) is 11.4 Å². The Morgan fingerprint density at radius 3 is 2.71 bits per heavy atom. The monoisotopic (exact) mass is 385 g/mol.